The minimum absolute atomic E-state index is 0.242. The van der Waals surface area contributed by atoms with Crippen molar-refractivity contribution in [3.8, 4) is 0 Å². The Morgan fingerprint density at radius 1 is 1.67 bits per heavy atom. The third-order valence-electron chi connectivity index (χ3n) is 2.72. The summed E-state index contributed by atoms with van der Waals surface area (Å²) in [7, 11) is 1.40. The van der Waals surface area contributed by atoms with Gasteiger partial charge >= 0.3 is 5.97 Å². The van der Waals surface area contributed by atoms with Crippen molar-refractivity contribution in [3.05, 3.63) is 0 Å². The van der Waals surface area contributed by atoms with Crippen LogP contribution in [-0.4, -0.2) is 36.1 Å². The van der Waals surface area contributed by atoms with E-state index < -0.39 is 0 Å². The Labute approximate surface area is 93.9 Å². The van der Waals surface area contributed by atoms with Crippen molar-refractivity contribution in [1.29, 1.82) is 0 Å². The molecule has 5 heteroatoms. The van der Waals surface area contributed by atoms with Gasteiger partial charge in [0.15, 0.2) is 5.17 Å². The molecule has 0 aromatic rings. The number of hydrogen-bond acceptors (Lipinski definition) is 5. The normalized spacial score (nSPS) is 27.1. The molecule has 1 aliphatic carbocycles. The maximum Gasteiger partial charge on any atom is 0.328 e. The maximum atomic E-state index is 11.2. The lowest BCUT2D eigenvalue weighted by Crippen LogP contribution is -2.37. The number of thioether (sulfide) groups is 1. The van der Waals surface area contributed by atoms with Crippen LogP contribution in [-0.2, 0) is 9.53 Å². The van der Waals surface area contributed by atoms with Gasteiger partial charge in [-0.2, -0.15) is 0 Å². The van der Waals surface area contributed by atoms with Crippen molar-refractivity contribution in [2.24, 2.45) is 10.9 Å². The maximum absolute atomic E-state index is 11.2. The first-order chi connectivity index (χ1) is 7.20. The molecular weight excluding hydrogens is 212 g/mol. The van der Waals surface area contributed by atoms with E-state index in [1.165, 1.54) is 20.0 Å². The monoisotopic (exact) mass is 228 g/mol. The fourth-order valence-electron chi connectivity index (χ4n) is 1.60. The highest BCUT2D eigenvalue weighted by molar-refractivity contribution is 8.14. The van der Waals surface area contributed by atoms with E-state index in [1.54, 1.807) is 18.7 Å². The second-order valence-corrected chi connectivity index (χ2v) is 5.26. The van der Waals surface area contributed by atoms with Gasteiger partial charge in [0.1, 0.15) is 6.04 Å². The first-order valence-electron chi connectivity index (χ1n) is 5.26. The van der Waals surface area contributed by atoms with Crippen LogP contribution in [0, 0.1) is 5.92 Å². The molecule has 0 radical (unpaired) electrons. The average Bonchev–Trinajstić information content (AvgIpc) is 2.99. The SMILES string of the molecule is COC(=O)C(C)NC1=NCC(C2CC2)S1. The lowest BCUT2D eigenvalue weighted by atomic mass is 10.3. The molecule has 0 spiro atoms. The second kappa shape index (κ2) is 4.43. The Hall–Kier alpha value is -0.710. The molecular formula is C10H16N2O2S. The lowest BCUT2D eigenvalue weighted by Gasteiger charge is -2.12. The fraction of sp³-hybridized carbons (Fsp3) is 0.800. The van der Waals surface area contributed by atoms with Crippen molar-refractivity contribution in [1.82, 2.24) is 5.32 Å². The highest BCUT2D eigenvalue weighted by Crippen LogP contribution is 2.41. The number of rotatable bonds is 3. The standard InChI is InChI=1S/C10H16N2O2S/c1-6(9(13)14-2)12-10-11-5-8(15-10)7-3-4-7/h6-8H,3-5H2,1-2H3,(H,11,12). The van der Waals surface area contributed by atoms with E-state index in [0.29, 0.717) is 5.25 Å². The summed E-state index contributed by atoms with van der Waals surface area (Å²) in [5.41, 5.74) is 0. The van der Waals surface area contributed by atoms with Crippen molar-refractivity contribution >= 4 is 22.9 Å². The molecule has 2 aliphatic rings. The summed E-state index contributed by atoms with van der Waals surface area (Å²) >= 11 is 1.77. The molecule has 2 unspecified atom stereocenters. The Morgan fingerprint density at radius 2 is 2.40 bits per heavy atom. The van der Waals surface area contributed by atoms with E-state index in [2.05, 4.69) is 15.0 Å². The summed E-state index contributed by atoms with van der Waals surface area (Å²) in [4.78, 5) is 15.6. The van der Waals surface area contributed by atoms with Gasteiger partial charge in [-0.1, -0.05) is 11.8 Å². The van der Waals surface area contributed by atoms with E-state index in [4.69, 9.17) is 0 Å². The van der Waals surface area contributed by atoms with Crippen molar-refractivity contribution < 1.29 is 9.53 Å². The minimum atomic E-state index is -0.306. The molecule has 1 N–H and O–H groups in total. The molecule has 15 heavy (non-hydrogen) atoms. The molecule has 0 amide bonds. The zero-order chi connectivity index (χ0) is 10.8. The van der Waals surface area contributed by atoms with Gasteiger partial charge in [-0.3, -0.25) is 4.99 Å². The number of carbonyl (C=O) groups is 1. The van der Waals surface area contributed by atoms with Crippen LogP contribution in [0.15, 0.2) is 4.99 Å². The molecule has 1 aliphatic heterocycles. The third kappa shape index (κ3) is 2.65. The number of methoxy groups -OCH3 is 1. The van der Waals surface area contributed by atoms with Crippen LogP contribution in [0.4, 0.5) is 0 Å². The zero-order valence-electron chi connectivity index (χ0n) is 9.03. The molecule has 0 bridgehead atoms. The number of nitrogens with one attached hydrogen (secondary N) is 1. The first-order valence-corrected chi connectivity index (χ1v) is 6.14. The summed E-state index contributed by atoms with van der Waals surface area (Å²) < 4.78 is 4.64. The molecule has 1 saturated carbocycles. The number of ether oxygens (including phenoxy) is 1. The fourth-order valence-corrected chi connectivity index (χ4v) is 2.90. The average molecular weight is 228 g/mol. The van der Waals surface area contributed by atoms with Gasteiger partial charge in [0.2, 0.25) is 0 Å². The quantitative estimate of drug-likeness (QED) is 0.733. The van der Waals surface area contributed by atoms with Crippen LogP contribution in [0.3, 0.4) is 0 Å². The van der Waals surface area contributed by atoms with E-state index in [1.807, 2.05) is 0 Å². The highest BCUT2D eigenvalue weighted by atomic mass is 32.2. The van der Waals surface area contributed by atoms with Crippen molar-refractivity contribution in [2.75, 3.05) is 13.7 Å². The Morgan fingerprint density at radius 3 is 3.00 bits per heavy atom. The third-order valence-corrected chi connectivity index (χ3v) is 4.03. The van der Waals surface area contributed by atoms with Crippen LogP contribution in [0.5, 0.6) is 0 Å². The van der Waals surface area contributed by atoms with Crippen molar-refractivity contribution in [2.45, 2.75) is 31.1 Å². The smallest absolute Gasteiger partial charge is 0.328 e. The van der Waals surface area contributed by atoms with Gasteiger partial charge < -0.3 is 10.1 Å². The largest absolute Gasteiger partial charge is 0.467 e. The van der Waals surface area contributed by atoms with Crippen LogP contribution in [0.2, 0.25) is 0 Å². The predicted molar refractivity (Wildman–Crippen MR) is 61.0 cm³/mol. The summed E-state index contributed by atoms with van der Waals surface area (Å²) in [6.45, 7) is 2.69. The molecule has 2 rings (SSSR count). The molecule has 1 fully saturated rings. The van der Waals surface area contributed by atoms with Gasteiger partial charge in [0.05, 0.1) is 13.7 Å². The Kier molecular flexibility index (Phi) is 3.19. The molecule has 84 valence electrons. The number of esters is 1. The van der Waals surface area contributed by atoms with Gasteiger partial charge in [-0.25, -0.2) is 4.79 Å². The van der Waals surface area contributed by atoms with Gasteiger partial charge in [-0.05, 0) is 25.7 Å². The Bertz CT molecular complexity index is 289. The molecule has 4 nitrogen and oxygen atoms in total. The lowest BCUT2D eigenvalue weighted by molar-refractivity contribution is -0.142. The van der Waals surface area contributed by atoms with Crippen molar-refractivity contribution in [3.63, 3.8) is 0 Å². The molecule has 0 saturated heterocycles. The predicted octanol–water partition coefficient (Wildman–Crippen LogP) is 1.02. The second-order valence-electron chi connectivity index (χ2n) is 4.03. The minimum Gasteiger partial charge on any atom is -0.467 e. The van der Waals surface area contributed by atoms with Gasteiger partial charge in [0.25, 0.3) is 0 Å². The van der Waals surface area contributed by atoms with Gasteiger partial charge in [-0.15, -0.1) is 0 Å². The van der Waals surface area contributed by atoms with E-state index in [0.717, 1.165) is 17.6 Å². The molecule has 0 aromatic heterocycles. The summed E-state index contributed by atoms with van der Waals surface area (Å²) in [6.07, 6.45) is 2.68. The summed E-state index contributed by atoms with van der Waals surface area (Å²) in [5.74, 6) is 0.611. The summed E-state index contributed by atoms with van der Waals surface area (Å²) in [5, 5.41) is 4.61. The zero-order valence-corrected chi connectivity index (χ0v) is 9.84. The number of aliphatic imine (C=N–C) groups is 1. The molecule has 0 aromatic carbocycles. The van der Waals surface area contributed by atoms with Crippen LogP contribution >= 0.6 is 11.8 Å². The number of nitrogens with zero attached hydrogens (tertiary/aromatic N) is 1. The van der Waals surface area contributed by atoms with Gasteiger partial charge in [0, 0.05) is 5.25 Å². The highest BCUT2D eigenvalue weighted by Gasteiger charge is 2.35. The first kappa shape index (κ1) is 10.8. The molecule has 1 heterocycles. The van der Waals surface area contributed by atoms with E-state index >= 15 is 0 Å². The number of hydrogen-bond donors (Lipinski definition) is 1. The Balaban J connectivity index is 1.78. The number of amidine groups is 1. The van der Waals surface area contributed by atoms with E-state index in [9.17, 15) is 4.79 Å². The summed E-state index contributed by atoms with van der Waals surface area (Å²) in [6, 6.07) is -0.306. The van der Waals surface area contributed by atoms with Crippen LogP contribution in [0.25, 0.3) is 0 Å². The van der Waals surface area contributed by atoms with Crippen LogP contribution in [0.1, 0.15) is 19.8 Å². The topological polar surface area (TPSA) is 50.7 Å². The van der Waals surface area contributed by atoms with E-state index in [-0.39, 0.29) is 12.0 Å². The van der Waals surface area contributed by atoms with Crippen LogP contribution < -0.4 is 5.32 Å². The molecule has 2 atom stereocenters. The number of carbonyl (C=O) groups excluding carboxylic acids is 1.